The number of aliphatic carboxylic acids is 1. The van der Waals surface area contributed by atoms with Crippen molar-refractivity contribution in [2.24, 2.45) is 0 Å². The zero-order valence-corrected chi connectivity index (χ0v) is 10.9. The quantitative estimate of drug-likeness (QED) is 0.897. The number of benzene rings is 1. The molecule has 1 aromatic carbocycles. The Morgan fingerprint density at radius 2 is 2.06 bits per heavy atom. The smallest absolute Gasteiger partial charge is 0.321 e. The van der Waals surface area contributed by atoms with Gasteiger partial charge < -0.3 is 15.3 Å². The molecule has 0 saturated heterocycles. The summed E-state index contributed by atoms with van der Waals surface area (Å²) in [5.74, 6) is -0.925. The minimum atomic E-state index is -0.925. The van der Waals surface area contributed by atoms with E-state index in [1.807, 2.05) is 12.1 Å². The number of halogens is 1. The van der Waals surface area contributed by atoms with Crippen molar-refractivity contribution in [3.05, 3.63) is 28.7 Å². The number of nitrogens with zero attached hydrogens (tertiary/aromatic N) is 1. The first-order valence-electron chi connectivity index (χ1n) is 4.99. The van der Waals surface area contributed by atoms with Crippen LogP contribution in [-0.4, -0.2) is 35.6 Å². The predicted molar refractivity (Wildman–Crippen MR) is 68.0 cm³/mol. The number of para-hydroxylation sites is 1. The summed E-state index contributed by atoms with van der Waals surface area (Å²) < 4.78 is 0.778. The minimum absolute atomic E-state index is 0.0696. The third kappa shape index (κ3) is 4.44. The summed E-state index contributed by atoms with van der Waals surface area (Å²) in [7, 11) is 1.55. The van der Waals surface area contributed by atoms with Crippen molar-refractivity contribution in [2.75, 3.05) is 18.9 Å². The Hall–Kier alpha value is -1.56. The summed E-state index contributed by atoms with van der Waals surface area (Å²) in [5.41, 5.74) is 0.652. The molecule has 0 saturated carbocycles. The van der Waals surface area contributed by atoms with Gasteiger partial charge in [-0.3, -0.25) is 4.79 Å². The Kier molecular flexibility index (Phi) is 4.96. The zero-order chi connectivity index (χ0) is 12.8. The second-order valence-electron chi connectivity index (χ2n) is 3.48. The van der Waals surface area contributed by atoms with E-state index in [9.17, 15) is 9.59 Å². The topological polar surface area (TPSA) is 69.6 Å². The van der Waals surface area contributed by atoms with E-state index in [4.69, 9.17) is 5.11 Å². The van der Waals surface area contributed by atoms with Gasteiger partial charge in [-0.05, 0) is 28.1 Å². The molecule has 0 atom stereocenters. The number of carboxylic acid groups (broad SMARTS) is 1. The van der Waals surface area contributed by atoms with Crippen LogP contribution >= 0.6 is 15.9 Å². The first-order chi connectivity index (χ1) is 8.00. The third-order valence-corrected chi connectivity index (χ3v) is 2.81. The normalized spacial score (nSPS) is 9.76. The third-order valence-electron chi connectivity index (χ3n) is 2.12. The number of carbonyl (C=O) groups is 2. The molecular weight excluding hydrogens is 288 g/mol. The monoisotopic (exact) mass is 300 g/mol. The molecule has 0 aliphatic heterocycles. The van der Waals surface area contributed by atoms with Gasteiger partial charge in [0.05, 0.1) is 12.1 Å². The van der Waals surface area contributed by atoms with E-state index < -0.39 is 5.97 Å². The van der Waals surface area contributed by atoms with Crippen molar-refractivity contribution in [1.82, 2.24) is 4.90 Å². The van der Waals surface area contributed by atoms with Gasteiger partial charge in [-0.1, -0.05) is 12.1 Å². The maximum Gasteiger partial charge on any atom is 0.321 e. The lowest BCUT2D eigenvalue weighted by molar-refractivity contribution is -0.137. The molecule has 0 heterocycles. The molecule has 92 valence electrons. The molecule has 0 unspecified atom stereocenters. The number of amides is 2. The number of anilines is 1. The average Bonchev–Trinajstić information content (AvgIpc) is 2.28. The number of hydrogen-bond donors (Lipinski definition) is 2. The van der Waals surface area contributed by atoms with Crippen LogP contribution in [0.15, 0.2) is 28.7 Å². The van der Waals surface area contributed by atoms with E-state index in [0.29, 0.717) is 5.69 Å². The zero-order valence-electron chi connectivity index (χ0n) is 9.31. The van der Waals surface area contributed by atoms with Crippen molar-refractivity contribution < 1.29 is 14.7 Å². The fourth-order valence-electron chi connectivity index (χ4n) is 1.14. The molecular formula is C11H13BrN2O3. The predicted octanol–water partition coefficient (Wildman–Crippen LogP) is 2.39. The molecule has 0 spiro atoms. The first kappa shape index (κ1) is 13.5. The maximum absolute atomic E-state index is 11.7. The fraction of sp³-hybridized carbons (Fsp3) is 0.273. The molecule has 0 fully saturated rings. The van der Waals surface area contributed by atoms with Crippen LogP contribution in [0, 0.1) is 0 Å². The number of rotatable bonds is 4. The highest BCUT2D eigenvalue weighted by atomic mass is 79.9. The van der Waals surface area contributed by atoms with Gasteiger partial charge in [0.1, 0.15) is 0 Å². The summed E-state index contributed by atoms with van der Waals surface area (Å²) in [4.78, 5) is 23.4. The number of hydrogen-bond acceptors (Lipinski definition) is 2. The van der Waals surface area contributed by atoms with Gasteiger partial charge in [0.25, 0.3) is 0 Å². The van der Waals surface area contributed by atoms with Crippen LogP contribution in [0.25, 0.3) is 0 Å². The molecule has 17 heavy (non-hydrogen) atoms. The fourth-order valence-corrected chi connectivity index (χ4v) is 1.52. The highest BCUT2D eigenvalue weighted by molar-refractivity contribution is 9.10. The molecule has 2 N–H and O–H groups in total. The number of urea groups is 1. The molecule has 0 aromatic heterocycles. The molecule has 0 radical (unpaired) electrons. The van der Waals surface area contributed by atoms with E-state index in [-0.39, 0.29) is 19.0 Å². The lowest BCUT2D eigenvalue weighted by Gasteiger charge is -2.17. The van der Waals surface area contributed by atoms with Gasteiger partial charge in [0.2, 0.25) is 0 Å². The summed E-state index contributed by atoms with van der Waals surface area (Å²) in [5, 5.41) is 11.2. The van der Waals surface area contributed by atoms with E-state index >= 15 is 0 Å². The Bertz CT molecular complexity index is 423. The lowest BCUT2D eigenvalue weighted by atomic mass is 10.3. The second-order valence-corrected chi connectivity index (χ2v) is 4.33. The van der Waals surface area contributed by atoms with Gasteiger partial charge in [-0.2, -0.15) is 0 Å². The Balaban J connectivity index is 2.54. The summed E-state index contributed by atoms with van der Waals surface area (Å²) in [6.45, 7) is 0.172. The molecule has 5 nitrogen and oxygen atoms in total. The van der Waals surface area contributed by atoms with Crippen LogP contribution < -0.4 is 5.32 Å². The van der Waals surface area contributed by atoms with Crippen LogP contribution in [0.2, 0.25) is 0 Å². The van der Waals surface area contributed by atoms with E-state index in [0.717, 1.165) is 4.47 Å². The van der Waals surface area contributed by atoms with Gasteiger partial charge in [0.15, 0.2) is 0 Å². The van der Waals surface area contributed by atoms with Crippen molar-refractivity contribution in [3.63, 3.8) is 0 Å². The molecule has 6 heteroatoms. The summed E-state index contributed by atoms with van der Waals surface area (Å²) in [6, 6.07) is 6.88. The molecule has 1 rings (SSSR count). The van der Waals surface area contributed by atoms with Crippen LogP contribution in [0.1, 0.15) is 6.42 Å². The SMILES string of the molecule is CN(CCC(=O)O)C(=O)Nc1ccccc1Br. The van der Waals surface area contributed by atoms with E-state index in [1.165, 1.54) is 4.90 Å². The highest BCUT2D eigenvalue weighted by Crippen LogP contribution is 2.21. The van der Waals surface area contributed by atoms with Crippen molar-refractivity contribution in [1.29, 1.82) is 0 Å². The minimum Gasteiger partial charge on any atom is -0.481 e. The molecule has 0 aliphatic carbocycles. The van der Waals surface area contributed by atoms with Gasteiger partial charge in [0, 0.05) is 18.1 Å². The van der Waals surface area contributed by atoms with Crippen LogP contribution in [0.5, 0.6) is 0 Å². The Labute approximate surface area is 108 Å². The number of carboxylic acids is 1. The van der Waals surface area contributed by atoms with Crippen molar-refractivity contribution >= 4 is 33.6 Å². The number of nitrogens with one attached hydrogen (secondary N) is 1. The van der Waals surface area contributed by atoms with Crippen molar-refractivity contribution in [2.45, 2.75) is 6.42 Å². The van der Waals surface area contributed by atoms with Gasteiger partial charge in [-0.15, -0.1) is 0 Å². The van der Waals surface area contributed by atoms with Gasteiger partial charge in [-0.25, -0.2) is 4.79 Å². The van der Waals surface area contributed by atoms with E-state index in [1.54, 1.807) is 19.2 Å². The van der Waals surface area contributed by atoms with Gasteiger partial charge >= 0.3 is 12.0 Å². The molecule has 0 bridgehead atoms. The first-order valence-corrected chi connectivity index (χ1v) is 5.78. The van der Waals surface area contributed by atoms with Crippen LogP contribution in [0.3, 0.4) is 0 Å². The highest BCUT2D eigenvalue weighted by Gasteiger charge is 2.11. The molecule has 1 aromatic rings. The largest absolute Gasteiger partial charge is 0.481 e. The van der Waals surface area contributed by atoms with Crippen LogP contribution in [-0.2, 0) is 4.79 Å². The van der Waals surface area contributed by atoms with E-state index in [2.05, 4.69) is 21.2 Å². The summed E-state index contributed by atoms with van der Waals surface area (Å²) >= 11 is 3.31. The Morgan fingerprint density at radius 1 is 1.41 bits per heavy atom. The van der Waals surface area contributed by atoms with Crippen LogP contribution in [0.4, 0.5) is 10.5 Å². The maximum atomic E-state index is 11.7. The standard InChI is InChI=1S/C11H13BrN2O3/c1-14(7-6-10(15)16)11(17)13-9-5-3-2-4-8(9)12/h2-5H,6-7H2,1H3,(H,13,17)(H,15,16). The molecule has 0 aliphatic rings. The summed E-state index contributed by atoms with van der Waals surface area (Å²) in [6.07, 6.45) is -0.0696. The van der Waals surface area contributed by atoms with Crippen molar-refractivity contribution in [3.8, 4) is 0 Å². The molecule has 2 amide bonds. The average molecular weight is 301 g/mol. The second kappa shape index (κ2) is 6.24. The lowest BCUT2D eigenvalue weighted by Crippen LogP contribution is -2.33. The Morgan fingerprint density at radius 3 is 2.65 bits per heavy atom. The number of carbonyl (C=O) groups excluding carboxylic acids is 1.